The molecule has 0 saturated carbocycles. The van der Waals surface area contributed by atoms with Crippen LogP contribution in [0.1, 0.15) is 45.4 Å². The summed E-state index contributed by atoms with van der Waals surface area (Å²) in [5.41, 5.74) is 6.94. The van der Waals surface area contributed by atoms with Gasteiger partial charge in [-0.1, -0.05) is 39.0 Å². The molecule has 1 radical (unpaired) electrons. The minimum atomic E-state index is 0.170. The summed E-state index contributed by atoms with van der Waals surface area (Å²) in [6, 6.07) is 0. The van der Waals surface area contributed by atoms with Gasteiger partial charge in [0.25, 0.3) is 0 Å². The molecule has 0 unspecified atom stereocenters. The van der Waals surface area contributed by atoms with E-state index in [1.807, 2.05) is 0 Å². The van der Waals surface area contributed by atoms with E-state index < -0.39 is 0 Å². The van der Waals surface area contributed by atoms with Crippen molar-refractivity contribution in [2.24, 2.45) is 0 Å². The Hall–Kier alpha value is -0.310. The van der Waals surface area contributed by atoms with Crippen molar-refractivity contribution >= 4 is 17.3 Å². The topological polar surface area (TPSA) is 35.8 Å². The molecule has 2 N–H and O–H groups in total. The third kappa shape index (κ3) is 9.69. The normalized spacial score (nSPS) is 9.75. The van der Waals surface area contributed by atoms with Crippen LogP contribution in [0.15, 0.2) is 0 Å². The summed E-state index contributed by atoms with van der Waals surface area (Å²) < 4.78 is 0. The van der Waals surface area contributed by atoms with Gasteiger partial charge in [-0.2, -0.15) is 0 Å². The fourth-order valence-electron chi connectivity index (χ4n) is 1.11. The van der Waals surface area contributed by atoms with Gasteiger partial charge in [0.1, 0.15) is 0 Å². The van der Waals surface area contributed by atoms with Gasteiger partial charge in [0.2, 0.25) is 0 Å². The van der Waals surface area contributed by atoms with Crippen molar-refractivity contribution < 1.29 is 0 Å². The van der Waals surface area contributed by atoms with Crippen molar-refractivity contribution in [2.45, 2.75) is 45.4 Å². The van der Waals surface area contributed by atoms with Crippen LogP contribution in [-0.2, 0) is 0 Å². The summed E-state index contributed by atoms with van der Waals surface area (Å²) in [4.78, 5) is 0. The maximum Gasteiger partial charge on any atom is 0.185 e. The van der Waals surface area contributed by atoms with Crippen molar-refractivity contribution in [1.29, 1.82) is 0 Å². The Kier molecular flexibility index (Phi) is 8.56. The van der Waals surface area contributed by atoms with E-state index in [0.717, 1.165) is 13.0 Å². The minimum Gasteiger partial charge on any atom is -0.361 e. The zero-order valence-corrected chi connectivity index (χ0v) is 8.67. The summed E-state index contributed by atoms with van der Waals surface area (Å²) in [7, 11) is 0. The van der Waals surface area contributed by atoms with Crippen LogP contribution in [-0.4, -0.2) is 11.7 Å². The van der Waals surface area contributed by atoms with Crippen molar-refractivity contribution in [2.75, 3.05) is 6.54 Å². The van der Waals surface area contributed by atoms with E-state index in [4.69, 9.17) is 5.73 Å². The molecule has 0 aromatic rings. The third-order valence-corrected chi connectivity index (χ3v) is 1.96. The highest BCUT2D eigenvalue weighted by atomic mass is 32.1. The maximum atomic E-state index is 6.94. The van der Waals surface area contributed by atoms with E-state index in [1.165, 1.54) is 32.1 Å². The zero-order chi connectivity index (χ0) is 9.23. The van der Waals surface area contributed by atoms with Gasteiger partial charge in [0.05, 0.1) is 0 Å². The van der Waals surface area contributed by atoms with Crippen LogP contribution in [0.3, 0.4) is 0 Å². The molecule has 0 aliphatic carbocycles. The van der Waals surface area contributed by atoms with Gasteiger partial charge < -0.3 is 5.32 Å². The van der Waals surface area contributed by atoms with E-state index in [1.54, 1.807) is 0 Å². The number of hydrogen-bond donors (Lipinski definition) is 1. The largest absolute Gasteiger partial charge is 0.361 e. The van der Waals surface area contributed by atoms with Crippen LogP contribution in [0.2, 0.25) is 0 Å². The molecule has 0 aliphatic heterocycles. The molecule has 0 bridgehead atoms. The predicted molar refractivity (Wildman–Crippen MR) is 57.1 cm³/mol. The first-order valence-corrected chi connectivity index (χ1v) is 5.17. The second-order valence-corrected chi connectivity index (χ2v) is 3.43. The van der Waals surface area contributed by atoms with Crippen molar-refractivity contribution in [3.8, 4) is 0 Å². The molecule has 0 spiro atoms. The molecule has 0 aliphatic rings. The van der Waals surface area contributed by atoms with Gasteiger partial charge in [-0.3, -0.25) is 5.73 Å². The molecule has 2 nitrogen and oxygen atoms in total. The summed E-state index contributed by atoms with van der Waals surface area (Å²) in [5.74, 6) is 0. The van der Waals surface area contributed by atoms with Gasteiger partial charge in [-0.05, 0) is 18.6 Å². The van der Waals surface area contributed by atoms with E-state index >= 15 is 0 Å². The highest BCUT2D eigenvalue weighted by Crippen LogP contribution is 2.03. The molecule has 0 aromatic carbocycles. The Bertz CT molecular complexity index is 115. The average Bonchev–Trinajstić information content (AvgIpc) is 2.02. The quantitative estimate of drug-likeness (QED) is 0.491. The molecule has 0 aromatic heterocycles. The molecule has 0 atom stereocenters. The summed E-state index contributed by atoms with van der Waals surface area (Å²) in [6.45, 7) is 3.09. The first-order valence-electron chi connectivity index (χ1n) is 4.76. The Morgan fingerprint density at radius 2 is 1.75 bits per heavy atom. The molecular weight excluding hydrogens is 168 g/mol. The SMILES string of the molecule is CCCCCCCCNC([NH])=S. The molecule has 0 amide bonds. The van der Waals surface area contributed by atoms with Gasteiger partial charge in [-0.15, -0.1) is 0 Å². The summed E-state index contributed by atoms with van der Waals surface area (Å²) >= 11 is 4.57. The van der Waals surface area contributed by atoms with Crippen molar-refractivity contribution in [3.05, 3.63) is 0 Å². The number of nitrogens with one attached hydrogen (secondary N) is 2. The molecular formula is C9H19N2S. The fourth-order valence-corrected chi connectivity index (χ4v) is 1.21. The number of rotatable bonds is 7. The summed E-state index contributed by atoms with van der Waals surface area (Å²) in [5, 5.41) is 3.00. The molecule has 3 heteroatoms. The Labute approximate surface area is 80.9 Å². The van der Waals surface area contributed by atoms with Crippen LogP contribution >= 0.6 is 12.2 Å². The van der Waals surface area contributed by atoms with E-state index in [2.05, 4.69) is 24.5 Å². The van der Waals surface area contributed by atoms with Crippen LogP contribution in [0, 0.1) is 0 Å². The van der Waals surface area contributed by atoms with Crippen LogP contribution < -0.4 is 11.1 Å². The Balaban J connectivity index is 2.86. The second kappa shape index (κ2) is 8.78. The van der Waals surface area contributed by atoms with Gasteiger partial charge >= 0.3 is 0 Å². The Morgan fingerprint density at radius 3 is 2.33 bits per heavy atom. The molecule has 0 heterocycles. The molecule has 12 heavy (non-hydrogen) atoms. The minimum absolute atomic E-state index is 0.170. The van der Waals surface area contributed by atoms with E-state index in [0.29, 0.717) is 0 Å². The molecule has 0 saturated heterocycles. The zero-order valence-electron chi connectivity index (χ0n) is 7.86. The lowest BCUT2D eigenvalue weighted by molar-refractivity contribution is 0.602. The van der Waals surface area contributed by atoms with Gasteiger partial charge in [0, 0.05) is 6.54 Å². The first kappa shape index (κ1) is 11.7. The average molecular weight is 187 g/mol. The fraction of sp³-hybridized carbons (Fsp3) is 0.889. The van der Waals surface area contributed by atoms with Crippen LogP contribution in [0.5, 0.6) is 0 Å². The third-order valence-electron chi connectivity index (χ3n) is 1.82. The number of hydrogen-bond acceptors (Lipinski definition) is 1. The number of thiocarbonyl (C=S) groups is 1. The second-order valence-electron chi connectivity index (χ2n) is 3.02. The maximum absolute atomic E-state index is 6.94. The van der Waals surface area contributed by atoms with E-state index in [-0.39, 0.29) is 5.11 Å². The monoisotopic (exact) mass is 187 g/mol. The lowest BCUT2D eigenvalue weighted by Gasteiger charge is -2.02. The number of unbranched alkanes of at least 4 members (excludes halogenated alkanes) is 5. The van der Waals surface area contributed by atoms with Gasteiger partial charge in [-0.25, -0.2) is 0 Å². The molecule has 71 valence electrons. The van der Waals surface area contributed by atoms with Crippen molar-refractivity contribution in [3.63, 3.8) is 0 Å². The van der Waals surface area contributed by atoms with Crippen LogP contribution in [0.25, 0.3) is 0 Å². The lowest BCUT2D eigenvalue weighted by atomic mass is 10.1. The highest BCUT2D eigenvalue weighted by Gasteiger charge is 1.90. The molecule has 0 fully saturated rings. The molecule has 0 rings (SSSR count). The van der Waals surface area contributed by atoms with Gasteiger partial charge in [0.15, 0.2) is 5.11 Å². The summed E-state index contributed by atoms with van der Waals surface area (Å²) in [6.07, 6.45) is 7.72. The van der Waals surface area contributed by atoms with E-state index in [9.17, 15) is 0 Å². The smallest absolute Gasteiger partial charge is 0.185 e. The predicted octanol–water partition coefficient (Wildman–Crippen LogP) is 2.50. The Morgan fingerprint density at radius 1 is 1.17 bits per heavy atom. The standard InChI is InChI=1S/C9H19N2S/c1-2-3-4-5-6-7-8-11-9(10)12/h10H,2-8H2,1H3,(H,11,12). The highest BCUT2D eigenvalue weighted by molar-refractivity contribution is 7.80. The first-order chi connectivity index (χ1) is 5.77. The van der Waals surface area contributed by atoms with Crippen LogP contribution in [0.4, 0.5) is 0 Å². The van der Waals surface area contributed by atoms with Crippen molar-refractivity contribution in [1.82, 2.24) is 11.1 Å². The lowest BCUT2D eigenvalue weighted by Crippen LogP contribution is -2.22.